The Labute approximate surface area is 110 Å². The van der Waals surface area contributed by atoms with Crippen molar-refractivity contribution in [1.82, 2.24) is 0 Å². The number of primary amides is 1. The van der Waals surface area contributed by atoms with E-state index in [1.165, 1.54) is 32.1 Å². The van der Waals surface area contributed by atoms with Crippen molar-refractivity contribution in [1.29, 1.82) is 0 Å². The monoisotopic (exact) mass is 253 g/mol. The van der Waals surface area contributed by atoms with Crippen molar-refractivity contribution >= 4 is 5.91 Å². The van der Waals surface area contributed by atoms with Gasteiger partial charge in [0.2, 0.25) is 5.91 Å². The third-order valence-corrected chi connectivity index (χ3v) is 5.05. The van der Waals surface area contributed by atoms with E-state index in [2.05, 4.69) is 0 Å². The van der Waals surface area contributed by atoms with Gasteiger partial charge in [-0.15, -0.1) is 0 Å². The van der Waals surface area contributed by atoms with Crippen LogP contribution in [0.1, 0.15) is 57.8 Å². The van der Waals surface area contributed by atoms with Crippen LogP contribution in [0, 0.1) is 17.8 Å². The fourth-order valence-electron chi connectivity index (χ4n) is 4.03. The minimum absolute atomic E-state index is 0.0530. The molecule has 0 saturated heterocycles. The first-order valence-corrected chi connectivity index (χ1v) is 7.54. The molecule has 1 atom stereocenters. The second-order valence-corrected chi connectivity index (χ2v) is 6.10. The van der Waals surface area contributed by atoms with Gasteiger partial charge < -0.3 is 10.5 Å². The summed E-state index contributed by atoms with van der Waals surface area (Å²) in [5.41, 5.74) is 5.70. The van der Waals surface area contributed by atoms with E-state index in [-0.39, 0.29) is 11.8 Å². The third-order valence-electron chi connectivity index (χ3n) is 5.05. The van der Waals surface area contributed by atoms with Crippen molar-refractivity contribution in [2.45, 2.75) is 63.9 Å². The number of nitrogens with two attached hydrogens (primary N) is 1. The summed E-state index contributed by atoms with van der Waals surface area (Å²) >= 11 is 0. The first-order chi connectivity index (χ1) is 8.72. The number of hydrogen-bond acceptors (Lipinski definition) is 2. The van der Waals surface area contributed by atoms with Gasteiger partial charge in [0.1, 0.15) is 0 Å². The maximum absolute atomic E-state index is 11.8. The largest absolute Gasteiger partial charge is 0.381 e. The quantitative estimate of drug-likeness (QED) is 0.837. The number of amides is 1. The standard InChI is InChI=1S/C15H27NO2/c1-18-13-9-7-12(8-10-13)14(15(16)17)11-5-3-2-4-6-11/h11-14H,2-10H2,1H3,(H2,16,17)/t12-,13-,14?. The Kier molecular flexibility index (Phi) is 5.04. The summed E-state index contributed by atoms with van der Waals surface area (Å²) in [4.78, 5) is 11.8. The average Bonchev–Trinajstić information content (AvgIpc) is 2.40. The van der Waals surface area contributed by atoms with Gasteiger partial charge >= 0.3 is 0 Å². The van der Waals surface area contributed by atoms with Gasteiger partial charge in [-0.3, -0.25) is 4.79 Å². The summed E-state index contributed by atoms with van der Waals surface area (Å²) in [6.07, 6.45) is 11.1. The molecule has 0 aliphatic heterocycles. The van der Waals surface area contributed by atoms with Crippen LogP contribution < -0.4 is 5.73 Å². The second kappa shape index (κ2) is 6.55. The minimum Gasteiger partial charge on any atom is -0.381 e. The van der Waals surface area contributed by atoms with Crippen LogP contribution in [0.5, 0.6) is 0 Å². The average molecular weight is 253 g/mol. The molecule has 2 N–H and O–H groups in total. The molecule has 18 heavy (non-hydrogen) atoms. The molecule has 2 saturated carbocycles. The molecule has 0 aromatic rings. The molecular weight excluding hydrogens is 226 g/mol. The maximum Gasteiger partial charge on any atom is 0.221 e. The molecule has 1 unspecified atom stereocenters. The fourth-order valence-corrected chi connectivity index (χ4v) is 4.03. The Bertz CT molecular complexity index is 266. The molecule has 0 aromatic heterocycles. The van der Waals surface area contributed by atoms with Crippen molar-refractivity contribution in [3.05, 3.63) is 0 Å². The number of methoxy groups -OCH3 is 1. The van der Waals surface area contributed by atoms with Crippen molar-refractivity contribution < 1.29 is 9.53 Å². The van der Waals surface area contributed by atoms with E-state index in [0.29, 0.717) is 17.9 Å². The Morgan fingerprint density at radius 3 is 2.06 bits per heavy atom. The van der Waals surface area contributed by atoms with Crippen LogP contribution in [0.15, 0.2) is 0 Å². The lowest BCUT2D eigenvalue weighted by Crippen LogP contribution is -2.39. The van der Waals surface area contributed by atoms with Crippen LogP contribution in [0.2, 0.25) is 0 Å². The first kappa shape index (κ1) is 13.9. The smallest absolute Gasteiger partial charge is 0.221 e. The highest BCUT2D eigenvalue weighted by Gasteiger charge is 2.36. The minimum atomic E-state index is -0.0530. The number of carbonyl (C=O) groups is 1. The molecular formula is C15H27NO2. The van der Waals surface area contributed by atoms with Crippen LogP contribution in [0.4, 0.5) is 0 Å². The fraction of sp³-hybridized carbons (Fsp3) is 0.933. The molecule has 1 amide bonds. The van der Waals surface area contributed by atoms with Gasteiger partial charge in [-0.1, -0.05) is 19.3 Å². The zero-order valence-corrected chi connectivity index (χ0v) is 11.6. The first-order valence-electron chi connectivity index (χ1n) is 7.54. The topological polar surface area (TPSA) is 52.3 Å². The summed E-state index contributed by atoms with van der Waals surface area (Å²) in [6, 6.07) is 0. The second-order valence-electron chi connectivity index (χ2n) is 6.10. The SMILES string of the molecule is CO[C@H]1CC[C@H](C(C(N)=O)C2CCCCC2)CC1. The molecule has 104 valence electrons. The predicted octanol–water partition coefficient (Wildman–Crippen LogP) is 2.87. The normalized spacial score (nSPS) is 32.1. The Morgan fingerprint density at radius 1 is 1.00 bits per heavy atom. The van der Waals surface area contributed by atoms with Crippen molar-refractivity contribution in [3.8, 4) is 0 Å². The number of carbonyl (C=O) groups excluding carboxylic acids is 1. The van der Waals surface area contributed by atoms with E-state index in [1.54, 1.807) is 7.11 Å². The molecule has 0 radical (unpaired) electrons. The van der Waals surface area contributed by atoms with Gasteiger partial charge in [0, 0.05) is 13.0 Å². The van der Waals surface area contributed by atoms with E-state index < -0.39 is 0 Å². The maximum atomic E-state index is 11.8. The Balaban J connectivity index is 1.95. The van der Waals surface area contributed by atoms with Crippen molar-refractivity contribution in [2.24, 2.45) is 23.5 Å². The van der Waals surface area contributed by atoms with E-state index in [1.807, 2.05) is 0 Å². The number of rotatable bonds is 4. The van der Waals surface area contributed by atoms with Gasteiger partial charge in [-0.25, -0.2) is 0 Å². The van der Waals surface area contributed by atoms with E-state index in [0.717, 1.165) is 25.7 Å². The lowest BCUT2D eigenvalue weighted by molar-refractivity contribution is -0.127. The van der Waals surface area contributed by atoms with Crippen molar-refractivity contribution in [2.75, 3.05) is 7.11 Å². The van der Waals surface area contributed by atoms with Gasteiger partial charge in [-0.05, 0) is 50.4 Å². The summed E-state index contributed by atoms with van der Waals surface area (Å²) in [6.45, 7) is 0. The number of hydrogen-bond donors (Lipinski definition) is 1. The molecule has 2 fully saturated rings. The van der Waals surface area contributed by atoms with Gasteiger partial charge in [-0.2, -0.15) is 0 Å². The number of ether oxygens (including phenoxy) is 1. The zero-order valence-electron chi connectivity index (χ0n) is 11.6. The molecule has 2 aliphatic carbocycles. The molecule has 0 heterocycles. The van der Waals surface area contributed by atoms with Crippen LogP contribution >= 0.6 is 0 Å². The summed E-state index contributed by atoms with van der Waals surface area (Å²) in [7, 11) is 1.79. The Hall–Kier alpha value is -0.570. The van der Waals surface area contributed by atoms with Gasteiger partial charge in [0.15, 0.2) is 0 Å². The highest BCUT2D eigenvalue weighted by atomic mass is 16.5. The van der Waals surface area contributed by atoms with Gasteiger partial charge in [0.05, 0.1) is 6.10 Å². The van der Waals surface area contributed by atoms with Crippen LogP contribution in [0.25, 0.3) is 0 Å². The van der Waals surface area contributed by atoms with E-state index >= 15 is 0 Å². The van der Waals surface area contributed by atoms with Crippen molar-refractivity contribution in [3.63, 3.8) is 0 Å². The molecule has 0 spiro atoms. The molecule has 3 heteroatoms. The molecule has 2 aliphatic rings. The third kappa shape index (κ3) is 3.25. The molecule has 2 rings (SSSR count). The van der Waals surface area contributed by atoms with Crippen LogP contribution in [-0.2, 0) is 9.53 Å². The lowest BCUT2D eigenvalue weighted by Gasteiger charge is -2.37. The lowest BCUT2D eigenvalue weighted by atomic mass is 9.69. The summed E-state index contributed by atoms with van der Waals surface area (Å²) < 4.78 is 5.41. The molecule has 3 nitrogen and oxygen atoms in total. The zero-order chi connectivity index (χ0) is 13.0. The summed E-state index contributed by atoms with van der Waals surface area (Å²) in [5, 5.41) is 0. The summed E-state index contributed by atoms with van der Waals surface area (Å²) in [5.74, 6) is 1.14. The van der Waals surface area contributed by atoms with Crippen LogP contribution in [0.3, 0.4) is 0 Å². The highest BCUT2D eigenvalue weighted by molar-refractivity contribution is 5.77. The molecule has 0 bridgehead atoms. The van der Waals surface area contributed by atoms with Gasteiger partial charge in [0.25, 0.3) is 0 Å². The predicted molar refractivity (Wildman–Crippen MR) is 72.0 cm³/mol. The Morgan fingerprint density at radius 2 is 1.56 bits per heavy atom. The van der Waals surface area contributed by atoms with E-state index in [9.17, 15) is 4.79 Å². The van der Waals surface area contributed by atoms with Crippen LogP contribution in [-0.4, -0.2) is 19.1 Å². The highest BCUT2D eigenvalue weighted by Crippen LogP contribution is 2.40. The van der Waals surface area contributed by atoms with E-state index in [4.69, 9.17) is 10.5 Å². The molecule has 0 aromatic carbocycles.